The van der Waals surface area contributed by atoms with E-state index in [-0.39, 0.29) is 29.9 Å². The largest absolute Gasteiger partial charge is 0.370 e. The van der Waals surface area contributed by atoms with Crippen LogP contribution in [0.25, 0.3) is 0 Å². The Labute approximate surface area is 109 Å². The minimum atomic E-state index is 0. The molecule has 0 saturated carbocycles. The molecule has 0 atom stereocenters. The molecule has 0 fully saturated rings. The molecule has 0 bridgehead atoms. The van der Waals surface area contributed by atoms with Crippen LogP contribution in [0, 0.1) is 0 Å². The highest BCUT2D eigenvalue weighted by Gasteiger charge is 1.99. The summed E-state index contributed by atoms with van der Waals surface area (Å²) in [5.41, 5.74) is 11.2. The second-order valence-corrected chi connectivity index (χ2v) is 3.32. The number of rotatable bonds is 2. The molecule has 1 aromatic carbocycles. The Bertz CT molecular complexity index is 337. The van der Waals surface area contributed by atoms with Crippen molar-refractivity contribution in [2.45, 2.75) is 6.54 Å². The van der Waals surface area contributed by atoms with Gasteiger partial charge >= 0.3 is 0 Å². The second-order valence-electron chi connectivity index (χ2n) is 2.48. The molecule has 0 aliphatic carbocycles. The first-order valence-corrected chi connectivity index (χ1v) is 4.34. The van der Waals surface area contributed by atoms with E-state index in [9.17, 15) is 0 Å². The number of guanidine groups is 1. The summed E-state index contributed by atoms with van der Waals surface area (Å²) in [6.45, 7) is 0.373. The summed E-state index contributed by atoms with van der Waals surface area (Å²) in [6.07, 6.45) is 0. The normalized spacial score (nSPS) is 9.00. The van der Waals surface area contributed by atoms with Crippen molar-refractivity contribution < 1.29 is 0 Å². The molecule has 0 amide bonds. The van der Waals surface area contributed by atoms with E-state index in [2.05, 4.69) is 4.99 Å². The third kappa shape index (κ3) is 4.34. The van der Waals surface area contributed by atoms with Crippen molar-refractivity contribution in [1.29, 1.82) is 0 Å². The summed E-state index contributed by atoms with van der Waals surface area (Å²) in [4.78, 5) is 3.83. The van der Waals surface area contributed by atoms with E-state index in [1.807, 2.05) is 0 Å². The molecule has 4 N–H and O–H groups in total. The van der Waals surface area contributed by atoms with Gasteiger partial charge in [0.05, 0.1) is 6.54 Å². The molecule has 1 aromatic rings. The summed E-state index contributed by atoms with van der Waals surface area (Å²) in [6, 6.07) is 5.18. The molecule has 3 nitrogen and oxygen atoms in total. The van der Waals surface area contributed by atoms with Crippen molar-refractivity contribution in [1.82, 2.24) is 0 Å². The van der Waals surface area contributed by atoms with E-state index in [1.165, 1.54) is 0 Å². The van der Waals surface area contributed by atoms with Crippen LogP contribution in [0.15, 0.2) is 23.2 Å². The smallest absolute Gasteiger partial charge is 0.186 e. The Hall–Kier alpha value is -0.200. The van der Waals surface area contributed by atoms with E-state index < -0.39 is 0 Å². The maximum Gasteiger partial charge on any atom is 0.186 e. The molecule has 78 valence electrons. The molecule has 6 heteroatoms. The average molecular weight is 346 g/mol. The molecule has 0 radical (unpaired) electrons. The van der Waals surface area contributed by atoms with Crippen LogP contribution in [0.2, 0.25) is 10.0 Å². The van der Waals surface area contributed by atoms with Crippen LogP contribution >= 0.6 is 47.2 Å². The summed E-state index contributed by atoms with van der Waals surface area (Å²) in [5.74, 6) is 0.0472. The zero-order valence-electron chi connectivity index (χ0n) is 7.21. The van der Waals surface area contributed by atoms with Gasteiger partial charge in [0.2, 0.25) is 0 Å². The predicted molar refractivity (Wildman–Crippen MR) is 71.4 cm³/mol. The van der Waals surface area contributed by atoms with E-state index in [0.29, 0.717) is 16.6 Å². The van der Waals surface area contributed by atoms with Crippen molar-refractivity contribution in [3.05, 3.63) is 33.8 Å². The average Bonchev–Trinajstić information content (AvgIpc) is 2.02. The van der Waals surface area contributed by atoms with Gasteiger partial charge in [-0.05, 0) is 17.7 Å². The first-order chi connectivity index (χ1) is 6.09. The fourth-order valence-electron chi connectivity index (χ4n) is 0.826. The van der Waals surface area contributed by atoms with E-state index >= 15 is 0 Å². The minimum Gasteiger partial charge on any atom is -0.370 e. The van der Waals surface area contributed by atoms with Crippen LogP contribution in [-0.4, -0.2) is 5.96 Å². The first-order valence-electron chi connectivity index (χ1n) is 3.59. The number of halogens is 3. The van der Waals surface area contributed by atoms with E-state index in [1.54, 1.807) is 18.2 Å². The van der Waals surface area contributed by atoms with Crippen LogP contribution < -0.4 is 11.5 Å². The highest BCUT2D eigenvalue weighted by Crippen LogP contribution is 2.21. The maximum absolute atomic E-state index is 5.88. The molecule has 14 heavy (non-hydrogen) atoms. The fourth-order valence-corrected chi connectivity index (χ4v) is 1.29. The van der Waals surface area contributed by atoms with Gasteiger partial charge in [0.25, 0.3) is 0 Å². The van der Waals surface area contributed by atoms with Crippen LogP contribution in [0.3, 0.4) is 0 Å². The Morgan fingerprint density at radius 1 is 1.29 bits per heavy atom. The zero-order valence-corrected chi connectivity index (χ0v) is 11.0. The predicted octanol–water partition coefficient (Wildman–Crippen LogP) is 2.38. The van der Waals surface area contributed by atoms with Crippen LogP contribution in [0.4, 0.5) is 0 Å². The number of hydrogen-bond donors (Lipinski definition) is 2. The lowest BCUT2D eigenvalue weighted by Crippen LogP contribution is -2.22. The van der Waals surface area contributed by atoms with Crippen molar-refractivity contribution in [3.63, 3.8) is 0 Å². The third-order valence-electron chi connectivity index (χ3n) is 1.45. The highest BCUT2D eigenvalue weighted by atomic mass is 127. The Morgan fingerprint density at radius 3 is 2.43 bits per heavy atom. The molecule has 1 rings (SSSR count). The van der Waals surface area contributed by atoms with Gasteiger partial charge in [-0.1, -0.05) is 29.3 Å². The summed E-state index contributed by atoms with van der Waals surface area (Å²) < 4.78 is 0. The lowest BCUT2D eigenvalue weighted by atomic mass is 10.2. The summed E-state index contributed by atoms with van der Waals surface area (Å²) in [7, 11) is 0. The molecule has 0 saturated heterocycles. The number of nitrogens with two attached hydrogens (primary N) is 2. The molecule has 0 aliphatic heterocycles. The highest BCUT2D eigenvalue weighted by molar-refractivity contribution is 14.0. The standard InChI is InChI=1S/C8H9Cl2N3.HI/c9-6-2-1-5(7(10)3-6)4-13-8(11)12;/h1-3H,4H2,(H4,11,12,13);1H. The van der Waals surface area contributed by atoms with Gasteiger partial charge < -0.3 is 11.5 Å². The number of hydrogen-bond acceptors (Lipinski definition) is 1. The molecule has 0 unspecified atom stereocenters. The molecule has 0 aromatic heterocycles. The van der Waals surface area contributed by atoms with Gasteiger partial charge in [-0.25, -0.2) is 4.99 Å². The van der Waals surface area contributed by atoms with Crippen LogP contribution in [0.1, 0.15) is 5.56 Å². The maximum atomic E-state index is 5.88. The molecular weight excluding hydrogens is 336 g/mol. The molecule has 0 aliphatic rings. The topological polar surface area (TPSA) is 64.4 Å². The quantitative estimate of drug-likeness (QED) is 0.491. The Kier molecular flexibility index (Phi) is 6.22. The van der Waals surface area contributed by atoms with Crippen LogP contribution in [0.5, 0.6) is 0 Å². The van der Waals surface area contributed by atoms with Gasteiger partial charge in [0.1, 0.15) is 0 Å². The number of nitrogens with zero attached hydrogens (tertiary/aromatic N) is 1. The molecule has 0 heterocycles. The zero-order chi connectivity index (χ0) is 9.84. The summed E-state index contributed by atoms with van der Waals surface area (Å²) >= 11 is 11.6. The first kappa shape index (κ1) is 13.8. The Balaban J connectivity index is 0.00000169. The molecule has 0 spiro atoms. The van der Waals surface area contributed by atoms with Gasteiger partial charge in [0.15, 0.2) is 5.96 Å². The lowest BCUT2D eigenvalue weighted by Gasteiger charge is -2.00. The number of aliphatic imine (C=N–C) groups is 1. The third-order valence-corrected chi connectivity index (χ3v) is 2.03. The Morgan fingerprint density at radius 2 is 1.93 bits per heavy atom. The fraction of sp³-hybridized carbons (Fsp3) is 0.125. The number of benzene rings is 1. The minimum absolute atomic E-state index is 0. The molecular formula is C8H10Cl2IN3. The van der Waals surface area contributed by atoms with Gasteiger partial charge in [-0.15, -0.1) is 24.0 Å². The van der Waals surface area contributed by atoms with Gasteiger partial charge in [-0.2, -0.15) is 0 Å². The lowest BCUT2D eigenvalue weighted by molar-refractivity contribution is 1.05. The van der Waals surface area contributed by atoms with E-state index in [0.717, 1.165) is 5.56 Å². The van der Waals surface area contributed by atoms with E-state index in [4.69, 9.17) is 34.7 Å². The van der Waals surface area contributed by atoms with Crippen molar-refractivity contribution in [2.24, 2.45) is 16.5 Å². The van der Waals surface area contributed by atoms with Crippen molar-refractivity contribution >= 4 is 53.1 Å². The van der Waals surface area contributed by atoms with Gasteiger partial charge in [-0.3, -0.25) is 0 Å². The van der Waals surface area contributed by atoms with Crippen LogP contribution in [-0.2, 0) is 6.54 Å². The summed E-state index contributed by atoms with van der Waals surface area (Å²) in [5, 5.41) is 1.16. The monoisotopic (exact) mass is 345 g/mol. The second kappa shape index (κ2) is 6.31. The van der Waals surface area contributed by atoms with Crippen molar-refractivity contribution in [2.75, 3.05) is 0 Å². The van der Waals surface area contributed by atoms with Crippen molar-refractivity contribution in [3.8, 4) is 0 Å². The van der Waals surface area contributed by atoms with Gasteiger partial charge in [0, 0.05) is 10.0 Å². The SMILES string of the molecule is I.NC(N)=NCc1ccc(Cl)cc1Cl.